The van der Waals surface area contributed by atoms with E-state index in [1.165, 1.54) is 0 Å². The number of rotatable bonds is 5. The highest BCUT2D eigenvalue weighted by Gasteiger charge is 2.21. The minimum absolute atomic E-state index is 0.140. The van der Waals surface area contributed by atoms with Crippen molar-refractivity contribution in [3.63, 3.8) is 0 Å². The first-order valence-corrected chi connectivity index (χ1v) is 8.60. The van der Waals surface area contributed by atoms with Crippen LogP contribution in [0.2, 0.25) is 5.02 Å². The molecule has 0 radical (unpaired) electrons. The van der Waals surface area contributed by atoms with Crippen molar-refractivity contribution in [3.8, 4) is 5.75 Å². The fourth-order valence-corrected chi connectivity index (χ4v) is 3.00. The molecule has 0 spiro atoms. The molecule has 0 saturated carbocycles. The van der Waals surface area contributed by atoms with Crippen molar-refractivity contribution in [1.29, 1.82) is 0 Å². The average Bonchev–Trinajstić information content (AvgIpc) is 3.03. The number of amides is 2. The van der Waals surface area contributed by atoms with Gasteiger partial charge in [-0.1, -0.05) is 11.6 Å². The van der Waals surface area contributed by atoms with Gasteiger partial charge in [-0.2, -0.15) is 0 Å². The van der Waals surface area contributed by atoms with Crippen LogP contribution in [0.15, 0.2) is 42.5 Å². The summed E-state index contributed by atoms with van der Waals surface area (Å²) < 4.78 is 5.36. The van der Waals surface area contributed by atoms with Gasteiger partial charge in [-0.15, -0.1) is 0 Å². The zero-order valence-corrected chi connectivity index (χ0v) is 14.7. The number of anilines is 2. The zero-order chi connectivity index (χ0) is 17.8. The summed E-state index contributed by atoms with van der Waals surface area (Å²) in [5.41, 5.74) is 1.96. The summed E-state index contributed by atoms with van der Waals surface area (Å²) in [6.07, 6.45) is 1.48. The highest BCUT2D eigenvalue weighted by molar-refractivity contribution is 6.32. The lowest BCUT2D eigenvalue weighted by molar-refractivity contribution is -0.117. The van der Waals surface area contributed by atoms with Gasteiger partial charge in [0.05, 0.1) is 11.6 Å². The second-order valence-corrected chi connectivity index (χ2v) is 6.14. The summed E-state index contributed by atoms with van der Waals surface area (Å²) in [6.45, 7) is 3.13. The quantitative estimate of drug-likeness (QED) is 0.874. The molecule has 1 aliphatic rings. The zero-order valence-electron chi connectivity index (χ0n) is 13.9. The van der Waals surface area contributed by atoms with Gasteiger partial charge in [0.1, 0.15) is 5.75 Å². The minimum Gasteiger partial charge on any atom is -0.492 e. The Balaban J connectivity index is 1.68. The fourth-order valence-electron chi connectivity index (χ4n) is 2.76. The molecule has 6 heteroatoms. The number of halogens is 1. The Hall–Kier alpha value is -2.53. The number of carbonyl (C=O) groups is 2. The molecule has 2 amide bonds. The van der Waals surface area contributed by atoms with Crippen molar-refractivity contribution < 1.29 is 14.3 Å². The van der Waals surface area contributed by atoms with Gasteiger partial charge in [0.2, 0.25) is 5.91 Å². The smallest absolute Gasteiger partial charge is 0.255 e. The van der Waals surface area contributed by atoms with Gasteiger partial charge in [0, 0.05) is 29.9 Å². The second-order valence-electron chi connectivity index (χ2n) is 5.73. The Bertz CT molecular complexity index is 790. The molecule has 0 atom stereocenters. The summed E-state index contributed by atoms with van der Waals surface area (Å²) >= 11 is 6.12. The average molecular weight is 359 g/mol. The van der Waals surface area contributed by atoms with Crippen LogP contribution in [0.3, 0.4) is 0 Å². The normalized spacial score (nSPS) is 13.8. The standard InChI is InChI=1S/C19H19ClN2O3/c1-2-25-17-10-5-13(12-16(17)20)19(24)21-14-6-8-15(9-7-14)22-11-3-4-18(22)23/h5-10,12H,2-4,11H2,1H3,(H,21,24). The number of nitrogens with one attached hydrogen (secondary N) is 1. The lowest BCUT2D eigenvalue weighted by atomic mass is 10.2. The van der Waals surface area contributed by atoms with Crippen LogP contribution in [-0.4, -0.2) is 25.0 Å². The molecule has 1 N–H and O–H groups in total. The molecule has 3 rings (SSSR count). The van der Waals surface area contributed by atoms with E-state index in [9.17, 15) is 9.59 Å². The van der Waals surface area contributed by atoms with E-state index in [4.69, 9.17) is 16.3 Å². The number of hydrogen-bond acceptors (Lipinski definition) is 3. The van der Waals surface area contributed by atoms with Crippen LogP contribution in [0.5, 0.6) is 5.75 Å². The van der Waals surface area contributed by atoms with Crippen LogP contribution in [-0.2, 0) is 4.79 Å². The van der Waals surface area contributed by atoms with Crippen LogP contribution in [0.1, 0.15) is 30.1 Å². The van der Waals surface area contributed by atoms with Gasteiger partial charge in [-0.05, 0) is 55.8 Å². The monoisotopic (exact) mass is 358 g/mol. The first-order chi connectivity index (χ1) is 12.1. The van der Waals surface area contributed by atoms with E-state index in [1.807, 2.05) is 19.1 Å². The Morgan fingerprint density at radius 3 is 2.60 bits per heavy atom. The van der Waals surface area contributed by atoms with Crippen LogP contribution < -0.4 is 15.0 Å². The maximum Gasteiger partial charge on any atom is 0.255 e. The third-order valence-electron chi connectivity index (χ3n) is 4.00. The third-order valence-corrected chi connectivity index (χ3v) is 4.30. The molecule has 0 aromatic heterocycles. The molecule has 0 bridgehead atoms. The topological polar surface area (TPSA) is 58.6 Å². The third kappa shape index (κ3) is 3.94. The molecule has 2 aromatic rings. The van der Waals surface area contributed by atoms with Crippen molar-refractivity contribution >= 4 is 34.8 Å². The highest BCUT2D eigenvalue weighted by Crippen LogP contribution is 2.26. The van der Waals surface area contributed by atoms with Crippen molar-refractivity contribution in [2.45, 2.75) is 19.8 Å². The van der Waals surface area contributed by atoms with E-state index in [1.54, 1.807) is 35.2 Å². The summed E-state index contributed by atoms with van der Waals surface area (Å²) in [5, 5.41) is 3.22. The van der Waals surface area contributed by atoms with Crippen molar-refractivity contribution in [1.82, 2.24) is 0 Å². The van der Waals surface area contributed by atoms with Crippen molar-refractivity contribution in [3.05, 3.63) is 53.1 Å². The molecule has 25 heavy (non-hydrogen) atoms. The second kappa shape index (κ2) is 7.57. The lowest BCUT2D eigenvalue weighted by Gasteiger charge is -2.16. The lowest BCUT2D eigenvalue weighted by Crippen LogP contribution is -2.23. The highest BCUT2D eigenvalue weighted by atomic mass is 35.5. The molecule has 130 valence electrons. The number of carbonyl (C=O) groups excluding carboxylic acids is 2. The summed E-state index contributed by atoms with van der Waals surface area (Å²) in [5.74, 6) is 0.441. The maximum atomic E-state index is 12.4. The van der Waals surface area contributed by atoms with Crippen molar-refractivity contribution in [2.24, 2.45) is 0 Å². The molecule has 1 aliphatic heterocycles. The predicted octanol–water partition coefficient (Wildman–Crippen LogP) is 4.12. The van der Waals surface area contributed by atoms with E-state index in [0.717, 1.165) is 18.7 Å². The number of nitrogens with zero attached hydrogens (tertiary/aromatic N) is 1. The van der Waals surface area contributed by atoms with Crippen LogP contribution in [0.4, 0.5) is 11.4 Å². The largest absolute Gasteiger partial charge is 0.492 e. The number of benzene rings is 2. The number of ether oxygens (including phenoxy) is 1. The van der Waals surface area contributed by atoms with Gasteiger partial charge in [0.15, 0.2) is 0 Å². The fraction of sp³-hybridized carbons (Fsp3) is 0.263. The predicted molar refractivity (Wildman–Crippen MR) is 98.6 cm³/mol. The number of hydrogen-bond donors (Lipinski definition) is 1. The van der Waals surface area contributed by atoms with E-state index >= 15 is 0 Å². The van der Waals surface area contributed by atoms with Gasteiger partial charge < -0.3 is 15.0 Å². The molecule has 5 nitrogen and oxygen atoms in total. The molecule has 1 saturated heterocycles. The van der Waals surface area contributed by atoms with E-state index < -0.39 is 0 Å². The molecule has 1 heterocycles. The molecule has 0 aliphatic carbocycles. The van der Waals surface area contributed by atoms with Crippen LogP contribution >= 0.6 is 11.6 Å². The summed E-state index contributed by atoms with van der Waals surface area (Å²) in [4.78, 5) is 25.9. The first-order valence-electron chi connectivity index (χ1n) is 8.22. The SMILES string of the molecule is CCOc1ccc(C(=O)Nc2ccc(N3CCCC3=O)cc2)cc1Cl. The van der Waals surface area contributed by atoms with Gasteiger partial charge in [-0.25, -0.2) is 0 Å². The minimum atomic E-state index is -0.255. The Labute approximate surface area is 151 Å². The van der Waals surface area contributed by atoms with Gasteiger partial charge in [0.25, 0.3) is 5.91 Å². The Kier molecular flexibility index (Phi) is 5.24. The van der Waals surface area contributed by atoms with Gasteiger partial charge >= 0.3 is 0 Å². The van der Waals surface area contributed by atoms with Crippen LogP contribution in [0, 0.1) is 0 Å². The summed E-state index contributed by atoms with van der Waals surface area (Å²) in [6, 6.07) is 12.2. The van der Waals surface area contributed by atoms with Gasteiger partial charge in [-0.3, -0.25) is 9.59 Å². The maximum absolute atomic E-state index is 12.4. The Morgan fingerprint density at radius 1 is 1.24 bits per heavy atom. The molecule has 2 aromatic carbocycles. The van der Waals surface area contributed by atoms with Crippen molar-refractivity contribution in [2.75, 3.05) is 23.4 Å². The molecule has 1 fully saturated rings. The first kappa shape index (κ1) is 17.3. The molecular formula is C19H19ClN2O3. The van der Waals surface area contributed by atoms with E-state index in [-0.39, 0.29) is 11.8 Å². The molecular weight excluding hydrogens is 340 g/mol. The summed E-state index contributed by atoms with van der Waals surface area (Å²) in [7, 11) is 0. The van der Waals surface area contributed by atoms with E-state index in [0.29, 0.717) is 35.1 Å². The molecule has 0 unspecified atom stereocenters. The Morgan fingerprint density at radius 2 is 2.00 bits per heavy atom. The van der Waals surface area contributed by atoms with Crippen LogP contribution in [0.25, 0.3) is 0 Å². The van der Waals surface area contributed by atoms with E-state index in [2.05, 4.69) is 5.32 Å².